The number of aryl methyl sites for hydroxylation is 1. The van der Waals surface area contributed by atoms with Gasteiger partial charge in [-0.1, -0.05) is 25.1 Å². The molecule has 0 aliphatic carbocycles. The van der Waals surface area contributed by atoms with Gasteiger partial charge in [-0.05, 0) is 63.1 Å². The molecule has 0 atom stereocenters. The van der Waals surface area contributed by atoms with E-state index in [0.717, 1.165) is 17.7 Å². The van der Waals surface area contributed by atoms with E-state index >= 15 is 0 Å². The van der Waals surface area contributed by atoms with Crippen LogP contribution in [-0.2, 0) is 4.79 Å². The summed E-state index contributed by atoms with van der Waals surface area (Å²) in [5.74, 6) is -0.468. The lowest BCUT2D eigenvalue weighted by Crippen LogP contribution is -2.38. The van der Waals surface area contributed by atoms with Crippen molar-refractivity contribution in [2.75, 3.05) is 23.7 Å². The smallest absolute Gasteiger partial charge is 0.319 e. The number of urea groups is 1. The SMILES string of the molecule is CCCN(CC(=O)Nc1ccccc1C)C(=O)c1ccc(NC(=O)NC(C)C)cc1. The van der Waals surface area contributed by atoms with E-state index < -0.39 is 0 Å². The molecule has 7 heteroatoms. The van der Waals surface area contributed by atoms with Crippen LogP contribution in [0.5, 0.6) is 0 Å². The van der Waals surface area contributed by atoms with Gasteiger partial charge >= 0.3 is 6.03 Å². The Labute approximate surface area is 177 Å². The normalized spacial score (nSPS) is 10.4. The summed E-state index contributed by atoms with van der Waals surface area (Å²) in [5.41, 5.74) is 2.75. The molecular weight excluding hydrogens is 380 g/mol. The second kappa shape index (κ2) is 11.0. The van der Waals surface area contributed by atoms with Crippen LogP contribution in [0, 0.1) is 6.92 Å². The number of para-hydroxylation sites is 1. The number of carbonyl (C=O) groups excluding carboxylic acids is 3. The summed E-state index contributed by atoms with van der Waals surface area (Å²) >= 11 is 0. The molecule has 0 radical (unpaired) electrons. The van der Waals surface area contributed by atoms with Crippen molar-refractivity contribution in [2.24, 2.45) is 0 Å². The van der Waals surface area contributed by atoms with Crippen LogP contribution in [0.3, 0.4) is 0 Å². The zero-order valence-corrected chi connectivity index (χ0v) is 18.0. The van der Waals surface area contributed by atoms with Crippen LogP contribution in [0.25, 0.3) is 0 Å². The molecule has 2 aromatic rings. The van der Waals surface area contributed by atoms with Gasteiger partial charge in [-0.3, -0.25) is 9.59 Å². The topological polar surface area (TPSA) is 90.5 Å². The van der Waals surface area contributed by atoms with Gasteiger partial charge in [0.2, 0.25) is 5.91 Å². The van der Waals surface area contributed by atoms with Crippen LogP contribution in [0.1, 0.15) is 43.1 Å². The molecule has 0 aliphatic rings. The molecule has 0 heterocycles. The molecular formula is C23H30N4O3. The third kappa shape index (κ3) is 6.92. The maximum atomic E-state index is 12.9. The zero-order valence-electron chi connectivity index (χ0n) is 18.0. The average molecular weight is 411 g/mol. The Morgan fingerprint density at radius 3 is 2.23 bits per heavy atom. The maximum absolute atomic E-state index is 12.9. The fraction of sp³-hybridized carbons (Fsp3) is 0.348. The van der Waals surface area contributed by atoms with E-state index in [1.165, 1.54) is 4.90 Å². The first-order valence-corrected chi connectivity index (χ1v) is 10.1. The molecule has 0 aliphatic heterocycles. The standard InChI is InChI=1S/C23H30N4O3/c1-5-14-27(15-21(28)26-20-9-7-6-8-17(20)4)22(29)18-10-12-19(13-11-18)25-23(30)24-16(2)3/h6-13,16H,5,14-15H2,1-4H3,(H,26,28)(H2,24,25,30). The minimum absolute atomic E-state index is 0.0271. The number of hydrogen-bond acceptors (Lipinski definition) is 3. The maximum Gasteiger partial charge on any atom is 0.319 e. The van der Waals surface area contributed by atoms with Gasteiger partial charge in [-0.15, -0.1) is 0 Å². The number of amides is 4. The van der Waals surface area contributed by atoms with Crippen LogP contribution >= 0.6 is 0 Å². The Hall–Kier alpha value is -3.35. The van der Waals surface area contributed by atoms with Gasteiger partial charge < -0.3 is 20.9 Å². The van der Waals surface area contributed by atoms with Crippen molar-refractivity contribution in [1.82, 2.24) is 10.2 Å². The van der Waals surface area contributed by atoms with Crippen LogP contribution in [0.4, 0.5) is 16.2 Å². The number of nitrogens with zero attached hydrogens (tertiary/aromatic N) is 1. The Morgan fingerprint density at radius 2 is 1.63 bits per heavy atom. The van der Waals surface area contributed by atoms with E-state index in [1.54, 1.807) is 24.3 Å². The first-order chi connectivity index (χ1) is 14.3. The summed E-state index contributed by atoms with van der Waals surface area (Å²) < 4.78 is 0. The predicted octanol–water partition coefficient (Wildman–Crippen LogP) is 4.02. The minimum atomic E-state index is -0.301. The molecule has 0 fully saturated rings. The van der Waals surface area contributed by atoms with Gasteiger partial charge in [0, 0.05) is 29.5 Å². The van der Waals surface area contributed by atoms with Gasteiger partial charge in [0.25, 0.3) is 5.91 Å². The van der Waals surface area contributed by atoms with E-state index in [1.807, 2.05) is 52.0 Å². The number of rotatable bonds is 8. The molecule has 0 saturated carbocycles. The van der Waals surface area contributed by atoms with Crippen molar-refractivity contribution in [1.29, 1.82) is 0 Å². The summed E-state index contributed by atoms with van der Waals surface area (Å²) in [6, 6.07) is 13.9. The second-order valence-electron chi connectivity index (χ2n) is 7.42. The fourth-order valence-electron chi connectivity index (χ4n) is 2.91. The molecule has 2 aromatic carbocycles. The van der Waals surface area contributed by atoms with Crippen molar-refractivity contribution in [3.8, 4) is 0 Å². The highest BCUT2D eigenvalue weighted by Crippen LogP contribution is 2.15. The van der Waals surface area contributed by atoms with Crippen molar-refractivity contribution < 1.29 is 14.4 Å². The minimum Gasteiger partial charge on any atom is -0.336 e. The van der Waals surface area contributed by atoms with E-state index in [-0.39, 0.29) is 30.4 Å². The molecule has 0 aromatic heterocycles. The van der Waals surface area contributed by atoms with Crippen LogP contribution in [-0.4, -0.2) is 41.9 Å². The number of hydrogen-bond donors (Lipinski definition) is 3. The number of carbonyl (C=O) groups is 3. The summed E-state index contributed by atoms with van der Waals surface area (Å²) in [4.78, 5) is 38.7. The molecule has 0 saturated heterocycles. The van der Waals surface area contributed by atoms with E-state index in [2.05, 4.69) is 16.0 Å². The summed E-state index contributed by atoms with van der Waals surface area (Å²) in [7, 11) is 0. The number of anilines is 2. The fourth-order valence-corrected chi connectivity index (χ4v) is 2.91. The molecule has 0 spiro atoms. The Balaban J connectivity index is 2.02. The highest BCUT2D eigenvalue weighted by Gasteiger charge is 2.19. The van der Waals surface area contributed by atoms with Gasteiger partial charge in [0.15, 0.2) is 0 Å². The Morgan fingerprint density at radius 1 is 0.967 bits per heavy atom. The van der Waals surface area contributed by atoms with Gasteiger partial charge in [0.05, 0.1) is 0 Å². The van der Waals surface area contributed by atoms with E-state index in [9.17, 15) is 14.4 Å². The van der Waals surface area contributed by atoms with Gasteiger partial charge in [0.1, 0.15) is 6.54 Å². The molecule has 160 valence electrons. The molecule has 2 rings (SSSR count). The first-order valence-electron chi connectivity index (χ1n) is 10.1. The second-order valence-corrected chi connectivity index (χ2v) is 7.42. The summed E-state index contributed by atoms with van der Waals surface area (Å²) in [6.45, 7) is 8.06. The Bertz CT molecular complexity index is 878. The lowest BCUT2D eigenvalue weighted by atomic mass is 10.1. The lowest BCUT2D eigenvalue weighted by molar-refractivity contribution is -0.116. The van der Waals surface area contributed by atoms with Crippen LogP contribution < -0.4 is 16.0 Å². The molecule has 0 unspecified atom stereocenters. The number of nitrogens with one attached hydrogen (secondary N) is 3. The molecule has 4 amide bonds. The van der Waals surface area contributed by atoms with Crippen LogP contribution in [0.2, 0.25) is 0 Å². The van der Waals surface area contributed by atoms with Gasteiger partial charge in [-0.25, -0.2) is 4.79 Å². The van der Waals surface area contributed by atoms with E-state index in [0.29, 0.717) is 17.8 Å². The Kier molecular flexibility index (Phi) is 8.41. The third-order valence-electron chi connectivity index (χ3n) is 4.34. The third-order valence-corrected chi connectivity index (χ3v) is 4.34. The lowest BCUT2D eigenvalue weighted by Gasteiger charge is -2.22. The van der Waals surface area contributed by atoms with Crippen molar-refractivity contribution in [3.05, 3.63) is 59.7 Å². The molecule has 7 nitrogen and oxygen atoms in total. The van der Waals surface area contributed by atoms with Crippen molar-refractivity contribution >= 4 is 29.2 Å². The molecule has 30 heavy (non-hydrogen) atoms. The van der Waals surface area contributed by atoms with E-state index in [4.69, 9.17) is 0 Å². The molecule has 0 bridgehead atoms. The monoisotopic (exact) mass is 410 g/mol. The predicted molar refractivity (Wildman–Crippen MR) is 120 cm³/mol. The van der Waals surface area contributed by atoms with Crippen LogP contribution in [0.15, 0.2) is 48.5 Å². The van der Waals surface area contributed by atoms with Crippen molar-refractivity contribution in [3.63, 3.8) is 0 Å². The highest BCUT2D eigenvalue weighted by atomic mass is 16.2. The first kappa shape index (κ1) is 22.9. The quantitative estimate of drug-likeness (QED) is 0.614. The highest BCUT2D eigenvalue weighted by molar-refractivity contribution is 6.00. The largest absolute Gasteiger partial charge is 0.336 e. The van der Waals surface area contributed by atoms with Crippen molar-refractivity contribution in [2.45, 2.75) is 40.2 Å². The summed E-state index contributed by atoms with van der Waals surface area (Å²) in [5, 5.41) is 8.32. The number of benzene rings is 2. The van der Waals surface area contributed by atoms with Gasteiger partial charge in [-0.2, -0.15) is 0 Å². The zero-order chi connectivity index (χ0) is 22.1. The molecule has 3 N–H and O–H groups in total. The summed E-state index contributed by atoms with van der Waals surface area (Å²) in [6.07, 6.45) is 0.735. The average Bonchev–Trinajstić information content (AvgIpc) is 2.69.